The molecule has 1 rings (SSSR count). The number of aliphatic carboxylic acids is 1. The van der Waals surface area contributed by atoms with Crippen molar-refractivity contribution in [2.24, 2.45) is 5.73 Å². The van der Waals surface area contributed by atoms with E-state index in [1.807, 2.05) is 37.3 Å². The van der Waals surface area contributed by atoms with Gasteiger partial charge in [0, 0.05) is 18.9 Å². The number of rotatable bonds is 8. The molecule has 5 heteroatoms. The summed E-state index contributed by atoms with van der Waals surface area (Å²) in [6.45, 7) is 1.93. The number of nitrogens with one attached hydrogen (secondary N) is 1. The third kappa shape index (κ3) is 5.84. The Balaban J connectivity index is 2.68. The topological polar surface area (TPSA) is 92.4 Å². The molecule has 1 aromatic rings. The van der Waals surface area contributed by atoms with Gasteiger partial charge in [-0.2, -0.15) is 0 Å². The van der Waals surface area contributed by atoms with Crippen LogP contribution in [0, 0.1) is 0 Å². The molecule has 0 heterocycles. The van der Waals surface area contributed by atoms with Gasteiger partial charge in [-0.1, -0.05) is 37.3 Å². The number of benzene rings is 1. The fourth-order valence-corrected chi connectivity index (χ4v) is 1.91. The zero-order valence-corrected chi connectivity index (χ0v) is 11.7. The SMILES string of the molecule is CCC(N)CC(=O)NC(CCC(=O)O)c1ccccc1. The molecule has 4 N–H and O–H groups in total. The number of nitrogens with two attached hydrogens (primary N) is 1. The maximum Gasteiger partial charge on any atom is 0.303 e. The van der Waals surface area contributed by atoms with Gasteiger partial charge in [0.25, 0.3) is 0 Å². The zero-order valence-electron chi connectivity index (χ0n) is 11.7. The van der Waals surface area contributed by atoms with Crippen molar-refractivity contribution >= 4 is 11.9 Å². The quantitative estimate of drug-likeness (QED) is 0.676. The Labute approximate surface area is 119 Å². The summed E-state index contributed by atoms with van der Waals surface area (Å²) in [6, 6.07) is 8.93. The molecule has 0 aromatic heterocycles. The Hall–Kier alpha value is -1.88. The van der Waals surface area contributed by atoms with E-state index in [9.17, 15) is 9.59 Å². The summed E-state index contributed by atoms with van der Waals surface area (Å²) >= 11 is 0. The largest absolute Gasteiger partial charge is 0.481 e. The summed E-state index contributed by atoms with van der Waals surface area (Å²) in [4.78, 5) is 22.6. The number of carbonyl (C=O) groups is 2. The number of amides is 1. The smallest absolute Gasteiger partial charge is 0.303 e. The van der Waals surface area contributed by atoms with Crippen molar-refractivity contribution in [3.63, 3.8) is 0 Å². The van der Waals surface area contributed by atoms with Crippen LogP contribution < -0.4 is 11.1 Å². The summed E-state index contributed by atoms with van der Waals surface area (Å²) in [5.41, 5.74) is 6.66. The van der Waals surface area contributed by atoms with Crippen molar-refractivity contribution < 1.29 is 14.7 Å². The number of carboxylic acids is 1. The normalized spacial score (nSPS) is 13.5. The maximum absolute atomic E-state index is 11.9. The predicted molar refractivity (Wildman–Crippen MR) is 77.1 cm³/mol. The van der Waals surface area contributed by atoms with Crippen LogP contribution in [0.25, 0.3) is 0 Å². The number of carboxylic acid groups (broad SMARTS) is 1. The number of carbonyl (C=O) groups excluding carboxylic acids is 1. The average Bonchev–Trinajstić information content (AvgIpc) is 2.44. The van der Waals surface area contributed by atoms with Gasteiger partial charge in [0.2, 0.25) is 5.91 Å². The molecule has 0 fully saturated rings. The van der Waals surface area contributed by atoms with Crippen molar-refractivity contribution in [1.29, 1.82) is 0 Å². The first-order chi connectivity index (χ1) is 9.52. The molecule has 0 radical (unpaired) electrons. The molecule has 2 unspecified atom stereocenters. The maximum atomic E-state index is 11.9. The highest BCUT2D eigenvalue weighted by Gasteiger charge is 2.17. The highest BCUT2D eigenvalue weighted by Crippen LogP contribution is 2.18. The van der Waals surface area contributed by atoms with E-state index in [0.29, 0.717) is 6.42 Å². The molecule has 0 bridgehead atoms. The average molecular weight is 278 g/mol. The first-order valence-electron chi connectivity index (χ1n) is 6.84. The minimum absolute atomic E-state index is 0.0136. The standard InChI is InChI=1S/C15H22N2O3/c1-2-12(16)10-14(18)17-13(8-9-15(19)20)11-6-4-3-5-7-11/h3-7,12-13H,2,8-10,16H2,1H3,(H,17,18)(H,19,20). The van der Waals surface area contributed by atoms with Crippen molar-refractivity contribution in [2.75, 3.05) is 0 Å². The molecule has 5 nitrogen and oxygen atoms in total. The lowest BCUT2D eigenvalue weighted by molar-refractivity contribution is -0.137. The Morgan fingerprint density at radius 1 is 1.30 bits per heavy atom. The van der Waals surface area contributed by atoms with Gasteiger partial charge in [-0.25, -0.2) is 0 Å². The highest BCUT2D eigenvalue weighted by molar-refractivity contribution is 5.77. The van der Waals surface area contributed by atoms with Crippen LogP contribution in [0.3, 0.4) is 0 Å². The molecule has 20 heavy (non-hydrogen) atoms. The van der Waals surface area contributed by atoms with Gasteiger partial charge in [0.05, 0.1) is 6.04 Å². The number of hydrogen-bond donors (Lipinski definition) is 3. The van der Waals surface area contributed by atoms with Crippen molar-refractivity contribution in [3.8, 4) is 0 Å². The van der Waals surface area contributed by atoms with Crippen molar-refractivity contribution in [3.05, 3.63) is 35.9 Å². The van der Waals surface area contributed by atoms with E-state index in [1.54, 1.807) is 0 Å². The lowest BCUT2D eigenvalue weighted by Crippen LogP contribution is -2.34. The minimum Gasteiger partial charge on any atom is -0.481 e. The molecule has 0 saturated carbocycles. The highest BCUT2D eigenvalue weighted by atomic mass is 16.4. The minimum atomic E-state index is -0.870. The Morgan fingerprint density at radius 2 is 1.95 bits per heavy atom. The lowest BCUT2D eigenvalue weighted by Gasteiger charge is -2.19. The van der Waals surface area contributed by atoms with Crippen LogP contribution in [0.5, 0.6) is 0 Å². The van der Waals surface area contributed by atoms with Crippen LogP contribution in [0.1, 0.15) is 44.2 Å². The molecule has 2 atom stereocenters. The van der Waals surface area contributed by atoms with Crippen LogP contribution in [0.2, 0.25) is 0 Å². The molecule has 0 aliphatic carbocycles. The number of hydrogen-bond acceptors (Lipinski definition) is 3. The second-order valence-electron chi connectivity index (χ2n) is 4.84. The first kappa shape index (κ1) is 16.2. The van der Waals surface area contributed by atoms with Crippen LogP contribution in [0.15, 0.2) is 30.3 Å². The molecule has 110 valence electrons. The molecule has 0 aliphatic heterocycles. The first-order valence-corrected chi connectivity index (χ1v) is 6.84. The monoisotopic (exact) mass is 278 g/mol. The van der Waals surface area contributed by atoms with Crippen LogP contribution in [0.4, 0.5) is 0 Å². The van der Waals surface area contributed by atoms with Gasteiger partial charge < -0.3 is 16.2 Å². The van der Waals surface area contributed by atoms with E-state index >= 15 is 0 Å². The zero-order chi connectivity index (χ0) is 15.0. The van der Waals surface area contributed by atoms with Gasteiger partial charge in [0.15, 0.2) is 0 Å². The van der Waals surface area contributed by atoms with Gasteiger partial charge in [-0.05, 0) is 18.4 Å². The van der Waals surface area contributed by atoms with Crippen molar-refractivity contribution in [2.45, 2.75) is 44.7 Å². The van der Waals surface area contributed by atoms with E-state index in [0.717, 1.165) is 12.0 Å². The molecule has 0 aliphatic rings. The van der Waals surface area contributed by atoms with Crippen molar-refractivity contribution in [1.82, 2.24) is 5.32 Å². The summed E-state index contributed by atoms with van der Waals surface area (Å²) in [5.74, 6) is -1.01. The van der Waals surface area contributed by atoms with Gasteiger partial charge in [0.1, 0.15) is 0 Å². The summed E-state index contributed by atoms with van der Waals surface area (Å²) < 4.78 is 0. The van der Waals surface area contributed by atoms with Crippen LogP contribution in [-0.4, -0.2) is 23.0 Å². The fourth-order valence-electron chi connectivity index (χ4n) is 1.91. The van der Waals surface area contributed by atoms with E-state index in [1.165, 1.54) is 0 Å². The molecular weight excluding hydrogens is 256 g/mol. The second kappa shape index (κ2) is 8.32. The molecule has 0 spiro atoms. The second-order valence-corrected chi connectivity index (χ2v) is 4.84. The molecule has 1 aromatic carbocycles. The Morgan fingerprint density at radius 3 is 2.50 bits per heavy atom. The van der Waals surface area contributed by atoms with E-state index < -0.39 is 5.97 Å². The molecular formula is C15H22N2O3. The van der Waals surface area contributed by atoms with Gasteiger partial charge >= 0.3 is 5.97 Å². The third-order valence-corrected chi connectivity index (χ3v) is 3.16. The summed E-state index contributed by atoms with van der Waals surface area (Å²) in [5, 5.41) is 11.7. The fraction of sp³-hybridized carbons (Fsp3) is 0.467. The van der Waals surface area contributed by atoms with Gasteiger partial charge in [-0.3, -0.25) is 9.59 Å². The summed E-state index contributed by atoms with van der Waals surface area (Å²) in [6.07, 6.45) is 1.37. The van der Waals surface area contributed by atoms with E-state index in [-0.39, 0.29) is 30.8 Å². The third-order valence-electron chi connectivity index (χ3n) is 3.16. The van der Waals surface area contributed by atoms with Crippen LogP contribution >= 0.6 is 0 Å². The Kier molecular flexibility index (Phi) is 6.73. The molecule has 0 saturated heterocycles. The van der Waals surface area contributed by atoms with Crippen LogP contribution in [-0.2, 0) is 9.59 Å². The molecule has 1 amide bonds. The van der Waals surface area contributed by atoms with Gasteiger partial charge in [-0.15, -0.1) is 0 Å². The Bertz CT molecular complexity index is 434. The predicted octanol–water partition coefficient (Wildman–Crippen LogP) is 1.84. The van der Waals surface area contributed by atoms with E-state index in [2.05, 4.69) is 5.32 Å². The van der Waals surface area contributed by atoms with E-state index in [4.69, 9.17) is 10.8 Å². The lowest BCUT2D eigenvalue weighted by atomic mass is 10.0. The summed E-state index contributed by atoms with van der Waals surface area (Å²) in [7, 11) is 0.